The third-order valence-electron chi connectivity index (χ3n) is 8.52. The molecular formula is C33H32FN7O2S. The van der Waals surface area contributed by atoms with Crippen LogP contribution in [0.2, 0.25) is 0 Å². The van der Waals surface area contributed by atoms with Crippen molar-refractivity contribution < 1.29 is 9.13 Å². The first-order valence-corrected chi connectivity index (χ1v) is 15.6. The largest absolute Gasteiger partial charge is 0.481 e. The number of anilines is 2. The van der Waals surface area contributed by atoms with Crippen molar-refractivity contribution in [1.29, 1.82) is 0 Å². The summed E-state index contributed by atoms with van der Waals surface area (Å²) in [5.74, 6) is 1.34. The third-order valence-corrected chi connectivity index (χ3v) is 9.65. The molecule has 1 saturated heterocycles. The predicted octanol–water partition coefficient (Wildman–Crippen LogP) is 5.32. The standard InChI is InChI=1S/C33H32FN7O2S/c1-43-31-13-21(6-11-37-31)17-40(24-3-2-12-39(18-24)23-4-5-30(35)38-16-23)19-27-32(42)26-14-28(34)25(22-7-9-36-10-8-22)15-29(26)41-20-44-33(27)41/h4-11,13-16,24H,2-3,12,17-20H2,1H3,(H2,35,38)/t24-/m0/s1. The first kappa shape index (κ1) is 28.3. The Labute approximate surface area is 258 Å². The number of piperidine rings is 1. The van der Waals surface area contributed by atoms with Crippen LogP contribution in [0, 0.1) is 5.82 Å². The molecule has 11 heteroatoms. The van der Waals surface area contributed by atoms with Crippen molar-refractivity contribution in [2.45, 2.75) is 42.9 Å². The molecule has 6 heterocycles. The second-order valence-corrected chi connectivity index (χ2v) is 12.1. The van der Waals surface area contributed by atoms with Crippen LogP contribution < -0.4 is 20.8 Å². The highest BCUT2D eigenvalue weighted by Crippen LogP contribution is 2.39. The molecule has 0 amide bonds. The topological polar surface area (TPSA) is 102 Å². The van der Waals surface area contributed by atoms with E-state index in [1.807, 2.05) is 30.5 Å². The van der Waals surface area contributed by atoms with Crippen LogP contribution in [0.25, 0.3) is 22.0 Å². The smallest absolute Gasteiger partial charge is 0.213 e. The fraction of sp³-hybridized carbons (Fsp3) is 0.273. The van der Waals surface area contributed by atoms with Gasteiger partial charge in [0.05, 0.1) is 35.4 Å². The Morgan fingerprint density at radius 2 is 1.95 bits per heavy atom. The van der Waals surface area contributed by atoms with Crippen molar-refractivity contribution in [3.05, 3.63) is 100 Å². The molecular weight excluding hydrogens is 577 g/mol. The number of hydrogen-bond acceptors (Lipinski definition) is 9. The zero-order valence-corrected chi connectivity index (χ0v) is 25.1. The normalized spacial score (nSPS) is 16.2. The van der Waals surface area contributed by atoms with E-state index in [9.17, 15) is 4.79 Å². The average molecular weight is 610 g/mol. The zero-order valence-electron chi connectivity index (χ0n) is 24.3. The van der Waals surface area contributed by atoms with Crippen LogP contribution in [0.5, 0.6) is 5.88 Å². The summed E-state index contributed by atoms with van der Waals surface area (Å²) in [4.78, 5) is 31.5. The van der Waals surface area contributed by atoms with Crippen molar-refractivity contribution in [3.8, 4) is 17.0 Å². The van der Waals surface area contributed by atoms with Crippen molar-refractivity contribution >= 4 is 34.2 Å². The number of aromatic nitrogens is 4. The molecule has 0 radical (unpaired) electrons. The molecule has 2 N–H and O–H groups in total. The molecule has 0 saturated carbocycles. The maximum atomic E-state index is 15.5. The summed E-state index contributed by atoms with van der Waals surface area (Å²) >= 11 is 1.66. The molecule has 224 valence electrons. The summed E-state index contributed by atoms with van der Waals surface area (Å²) < 4.78 is 23.0. The SMILES string of the molecule is COc1cc(CN(Cc2c3n(c4cc(-c5ccncc5)c(F)cc4c2=O)CS3)[C@H]2CCCN(c3ccc(N)nc3)C2)ccn1. The number of hydrogen-bond donors (Lipinski definition) is 1. The second kappa shape index (κ2) is 11.9. The monoisotopic (exact) mass is 609 g/mol. The molecule has 2 aliphatic rings. The van der Waals surface area contributed by atoms with Crippen LogP contribution in [0.1, 0.15) is 24.0 Å². The van der Waals surface area contributed by atoms with Crippen molar-refractivity contribution in [2.75, 3.05) is 30.8 Å². The molecule has 7 rings (SSSR count). The van der Waals surface area contributed by atoms with Crippen LogP contribution in [0.15, 0.2) is 83.1 Å². The molecule has 44 heavy (non-hydrogen) atoms. The van der Waals surface area contributed by atoms with Crippen LogP contribution in [-0.4, -0.2) is 50.7 Å². The Morgan fingerprint density at radius 3 is 2.70 bits per heavy atom. The summed E-state index contributed by atoms with van der Waals surface area (Å²) in [5.41, 5.74) is 10.5. The highest BCUT2D eigenvalue weighted by molar-refractivity contribution is 7.99. The van der Waals surface area contributed by atoms with Gasteiger partial charge in [-0.1, -0.05) is 11.8 Å². The lowest BCUT2D eigenvalue weighted by atomic mass is 10.00. The first-order valence-electron chi connectivity index (χ1n) is 14.6. The number of nitrogens with two attached hydrogens (primary N) is 1. The zero-order chi connectivity index (χ0) is 30.2. The number of thioether (sulfide) groups is 1. The van der Waals surface area contributed by atoms with E-state index in [-0.39, 0.29) is 11.5 Å². The minimum absolute atomic E-state index is 0.119. The highest BCUT2D eigenvalue weighted by Gasteiger charge is 2.31. The quantitative estimate of drug-likeness (QED) is 0.251. The van der Waals surface area contributed by atoms with Gasteiger partial charge in [-0.15, -0.1) is 0 Å². The fourth-order valence-electron chi connectivity index (χ4n) is 6.23. The van der Waals surface area contributed by atoms with Gasteiger partial charge >= 0.3 is 0 Å². The van der Waals surface area contributed by atoms with Crippen molar-refractivity contribution in [2.24, 2.45) is 0 Å². The van der Waals surface area contributed by atoms with E-state index in [0.29, 0.717) is 47.2 Å². The summed E-state index contributed by atoms with van der Waals surface area (Å²) in [7, 11) is 1.61. The van der Waals surface area contributed by atoms with Gasteiger partial charge in [-0.05, 0) is 66.4 Å². The van der Waals surface area contributed by atoms with Crippen LogP contribution in [0.3, 0.4) is 0 Å². The van der Waals surface area contributed by atoms with Crippen LogP contribution in [0.4, 0.5) is 15.9 Å². The molecule has 0 bridgehead atoms. The number of methoxy groups -OCH3 is 1. The summed E-state index contributed by atoms with van der Waals surface area (Å²) in [6.45, 7) is 2.74. The highest BCUT2D eigenvalue weighted by atomic mass is 32.2. The molecule has 9 nitrogen and oxygen atoms in total. The van der Waals surface area contributed by atoms with Gasteiger partial charge in [0.1, 0.15) is 11.6 Å². The maximum absolute atomic E-state index is 15.5. The first-order chi connectivity index (χ1) is 21.5. The summed E-state index contributed by atoms with van der Waals surface area (Å²) in [6, 6.07) is 14.7. The van der Waals surface area contributed by atoms with E-state index in [1.165, 1.54) is 6.07 Å². The van der Waals surface area contributed by atoms with Gasteiger partial charge in [-0.3, -0.25) is 14.7 Å². The van der Waals surface area contributed by atoms with E-state index < -0.39 is 5.82 Å². The van der Waals surface area contributed by atoms with Crippen LogP contribution in [-0.2, 0) is 19.0 Å². The van der Waals surface area contributed by atoms with Gasteiger partial charge in [-0.2, -0.15) is 0 Å². The summed E-state index contributed by atoms with van der Waals surface area (Å²) in [5, 5.41) is 1.35. The number of rotatable bonds is 8. The molecule has 0 unspecified atom stereocenters. The summed E-state index contributed by atoms with van der Waals surface area (Å²) in [6.07, 6.45) is 8.83. The number of pyridine rings is 4. The van der Waals surface area contributed by atoms with Crippen molar-refractivity contribution in [3.63, 3.8) is 0 Å². The molecule has 1 aromatic carbocycles. The van der Waals surface area contributed by atoms with Gasteiger partial charge in [-0.25, -0.2) is 14.4 Å². The Hall–Kier alpha value is -4.48. The fourth-order valence-corrected chi connectivity index (χ4v) is 7.18. The lowest BCUT2D eigenvalue weighted by molar-refractivity contribution is 0.156. The lowest BCUT2D eigenvalue weighted by Crippen LogP contribution is -2.48. The van der Waals surface area contributed by atoms with Gasteiger partial charge in [0, 0.05) is 73.4 Å². The molecule has 0 spiro atoms. The molecule has 1 fully saturated rings. The molecule has 2 aliphatic heterocycles. The molecule has 5 aromatic rings. The van der Waals surface area contributed by atoms with E-state index in [0.717, 1.165) is 53.3 Å². The Morgan fingerprint density at radius 1 is 1.09 bits per heavy atom. The van der Waals surface area contributed by atoms with Gasteiger partial charge in [0.15, 0.2) is 5.43 Å². The van der Waals surface area contributed by atoms with E-state index >= 15 is 4.39 Å². The molecule has 1 atom stereocenters. The number of halogens is 1. The van der Waals surface area contributed by atoms with E-state index in [1.54, 1.807) is 55.7 Å². The second-order valence-electron chi connectivity index (χ2n) is 11.2. The van der Waals surface area contributed by atoms with Gasteiger partial charge in [0.2, 0.25) is 5.88 Å². The number of ether oxygens (including phenoxy) is 1. The lowest BCUT2D eigenvalue weighted by Gasteiger charge is -2.41. The Balaban J connectivity index is 1.27. The third kappa shape index (κ3) is 5.37. The van der Waals surface area contributed by atoms with Crippen LogP contribution >= 0.6 is 11.8 Å². The maximum Gasteiger partial charge on any atom is 0.213 e. The Kier molecular flexibility index (Phi) is 7.65. The van der Waals surface area contributed by atoms with E-state index in [2.05, 4.69) is 29.3 Å². The van der Waals surface area contributed by atoms with E-state index in [4.69, 9.17) is 10.5 Å². The minimum Gasteiger partial charge on any atom is -0.481 e. The van der Waals surface area contributed by atoms with Crippen molar-refractivity contribution in [1.82, 2.24) is 24.4 Å². The number of benzene rings is 1. The molecule has 4 aromatic heterocycles. The minimum atomic E-state index is -0.417. The number of nitrogens with zero attached hydrogens (tertiary/aromatic N) is 6. The number of fused-ring (bicyclic) bond motifs is 3. The van der Waals surface area contributed by atoms with Gasteiger partial charge in [0.25, 0.3) is 0 Å². The average Bonchev–Trinajstić information content (AvgIpc) is 3.04. The van der Waals surface area contributed by atoms with Gasteiger partial charge < -0.3 is 19.9 Å². The number of nitrogen functional groups attached to an aromatic ring is 1. The predicted molar refractivity (Wildman–Crippen MR) is 171 cm³/mol. The Bertz CT molecular complexity index is 1880. The molecule has 0 aliphatic carbocycles.